The highest BCUT2D eigenvalue weighted by molar-refractivity contribution is 5.98. The van der Waals surface area contributed by atoms with Crippen molar-refractivity contribution in [2.24, 2.45) is 0 Å². The summed E-state index contributed by atoms with van der Waals surface area (Å²) in [7, 11) is 4.31. The number of amides is 1. The number of carbonyl (C=O) groups excluding carboxylic acids is 1. The van der Waals surface area contributed by atoms with Gasteiger partial charge in [-0.15, -0.1) is 0 Å². The van der Waals surface area contributed by atoms with Crippen molar-refractivity contribution in [3.63, 3.8) is 0 Å². The quantitative estimate of drug-likeness (QED) is 0.382. The van der Waals surface area contributed by atoms with Crippen LogP contribution in [0.25, 0.3) is 22.3 Å². The van der Waals surface area contributed by atoms with Crippen molar-refractivity contribution in [2.75, 3.05) is 92.8 Å². The molecule has 0 unspecified atom stereocenters. The van der Waals surface area contributed by atoms with Crippen molar-refractivity contribution < 1.29 is 9.53 Å². The summed E-state index contributed by atoms with van der Waals surface area (Å²) in [6, 6.07) is 23.6. The number of likely N-dealkylation sites (N-methyl/N-ethyl adjacent to an activating group) is 2. The number of nitriles is 1. The maximum absolute atomic E-state index is 13.8. The van der Waals surface area contributed by atoms with Crippen molar-refractivity contribution in [1.82, 2.24) is 24.5 Å². The van der Waals surface area contributed by atoms with E-state index in [9.17, 15) is 10.1 Å². The van der Waals surface area contributed by atoms with Crippen LogP contribution >= 0.6 is 0 Å². The normalized spacial score (nSPS) is 19.4. The number of ether oxygens (including phenoxy) is 1. The largest absolute Gasteiger partial charge is 0.379 e. The number of hydrogen-bond acceptors (Lipinski definition) is 7. The fourth-order valence-electron chi connectivity index (χ4n) is 6.92. The zero-order valence-corrected chi connectivity index (χ0v) is 27.6. The van der Waals surface area contributed by atoms with Crippen molar-refractivity contribution in [1.29, 1.82) is 5.26 Å². The van der Waals surface area contributed by atoms with Gasteiger partial charge in [0.05, 0.1) is 24.8 Å². The molecule has 3 saturated heterocycles. The Kier molecular flexibility index (Phi) is 10.8. The highest BCUT2D eigenvalue weighted by Crippen LogP contribution is 2.36. The molecule has 3 aromatic carbocycles. The summed E-state index contributed by atoms with van der Waals surface area (Å²) < 4.78 is 5.53. The number of benzene rings is 3. The molecule has 3 aliphatic rings. The molecule has 8 heteroatoms. The van der Waals surface area contributed by atoms with Gasteiger partial charge in [-0.3, -0.25) is 14.6 Å². The van der Waals surface area contributed by atoms with Crippen LogP contribution in [-0.2, 0) is 17.8 Å². The molecule has 242 valence electrons. The predicted octanol–water partition coefficient (Wildman–Crippen LogP) is 4.64. The van der Waals surface area contributed by atoms with Crippen LogP contribution < -0.4 is 0 Å². The molecule has 0 N–H and O–H groups in total. The molecule has 0 aromatic heterocycles. The molecule has 0 spiro atoms. The third-order valence-electron chi connectivity index (χ3n) is 9.76. The molecule has 1 amide bonds. The number of nitrogens with zero attached hydrogens (tertiary/aromatic N) is 6. The lowest BCUT2D eigenvalue weighted by Crippen LogP contribution is -2.35. The van der Waals surface area contributed by atoms with Gasteiger partial charge in [-0.25, -0.2) is 0 Å². The Morgan fingerprint density at radius 1 is 0.674 bits per heavy atom. The van der Waals surface area contributed by atoms with Gasteiger partial charge >= 0.3 is 0 Å². The van der Waals surface area contributed by atoms with Gasteiger partial charge in [0.15, 0.2) is 0 Å². The Balaban J connectivity index is 1.32. The molecular formula is C38H48N6O2. The second-order valence-electron chi connectivity index (χ2n) is 13.2. The Morgan fingerprint density at radius 2 is 1.33 bits per heavy atom. The first kappa shape index (κ1) is 32.4. The van der Waals surface area contributed by atoms with Crippen LogP contribution in [0.15, 0.2) is 60.7 Å². The fraction of sp³-hybridized carbons (Fsp3) is 0.474. The van der Waals surface area contributed by atoms with Crippen LogP contribution in [0.5, 0.6) is 0 Å². The lowest BCUT2D eigenvalue weighted by atomic mass is 9.89. The summed E-state index contributed by atoms with van der Waals surface area (Å²) >= 11 is 0. The van der Waals surface area contributed by atoms with E-state index >= 15 is 0 Å². The van der Waals surface area contributed by atoms with Crippen molar-refractivity contribution >= 4 is 5.91 Å². The second kappa shape index (κ2) is 15.3. The molecule has 46 heavy (non-hydrogen) atoms. The summed E-state index contributed by atoms with van der Waals surface area (Å²) in [4.78, 5) is 25.4. The summed E-state index contributed by atoms with van der Waals surface area (Å²) in [6.07, 6.45) is 2.14. The van der Waals surface area contributed by atoms with Gasteiger partial charge < -0.3 is 19.4 Å². The maximum atomic E-state index is 13.8. The van der Waals surface area contributed by atoms with Gasteiger partial charge in [-0.1, -0.05) is 42.5 Å². The molecule has 0 aliphatic carbocycles. The summed E-state index contributed by atoms with van der Waals surface area (Å²) in [5, 5.41) is 10.4. The van der Waals surface area contributed by atoms with E-state index in [2.05, 4.69) is 88.3 Å². The Labute approximate surface area is 274 Å². The molecule has 3 heterocycles. The van der Waals surface area contributed by atoms with E-state index in [1.54, 1.807) is 0 Å². The van der Waals surface area contributed by atoms with E-state index in [0.717, 1.165) is 132 Å². The number of morpholine rings is 1. The number of hydrogen-bond donors (Lipinski definition) is 0. The SMILES string of the molecule is CN1CCCN(Cc2ccc(-c3ccc(C(=O)N4CCCN(C)CC4)cc3-c3ccc(CN4CCOCC4)cc3)c(C#N)c2)CC1. The molecule has 0 atom stereocenters. The summed E-state index contributed by atoms with van der Waals surface area (Å²) in [5.41, 5.74) is 7.71. The van der Waals surface area contributed by atoms with Crippen LogP contribution in [0.2, 0.25) is 0 Å². The lowest BCUT2D eigenvalue weighted by molar-refractivity contribution is 0.0342. The van der Waals surface area contributed by atoms with E-state index in [1.165, 1.54) is 5.56 Å². The molecule has 0 saturated carbocycles. The first-order chi connectivity index (χ1) is 22.5. The first-order valence-corrected chi connectivity index (χ1v) is 16.9. The van der Waals surface area contributed by atoms with Crippen molar-refractivity contribution in [3.05, 3.63) is 82.9 Å². The summed E-state index contributed by atoms with van der Waals surface area (Å²) in [5.74, 6) is 0.0750. The van der Waals surface area contributed by atoms with Gasteiger partial charge in [0.1, 0.15) is 0 Å². The Hall–Kier alpha value is -3.58. The van der Waals surface area contributed by atoms with Crippen LogP contribution in [0.4, 0.5) is 0 Å². The van der Waals surface area contributed by atoms with E-state index < -0.39 is 0 Å². The van der Waals surface area contributed by atoms with Crippen LogP contribution in [0.1, 0.15) is 39.9 Å². The molecule has 3 aliphatic heterocycles. The summed E-state index contributed by atoms with van der Waals surface area (Å²) in [6.45, 7) is 12.9. The third kappa shape index (κ3) is 8.03. The molecular weight excluding hydrogens is 572 g/mol. The van der Waals surface area contributed by atoms with E-state index in [1.807, 2.05) is 17.0 Å². The fourth-order valence-corrected chi connectivity index (χ4v) is 6.92. The highest BCUT2D eigenvalue weighted by Gasteiger charge is 2.22. The minimum atomic E-state index is 0.0750. The molecule has 3 aromatic rings. The zero-order chi connectivity index (χ0) is 31.9. The van der Waals surface area contributed by atoms with Gasteiger partial charge in [-0.05, 0) is 92.6 Å². The molecule has 0 radical (unpaired) electrons. The molecule has 0 bridgehead atoms. The Morgan fingerprint density at radius 3 is 2.09 bits per heavy atom. The van der Waals surface area contributed by atoms with Crippen LogP contribution in [0, 0.1) is 11.3 Å². The highest BCUT2D eigenvalue weighted by atomic mass is 16.5. The van der Waals surface area contributed by atoms with Crippen LogP contribution in [-0.4, -0.2) is 123 Å². The van der Waals surface area contributed by atoms with Crippen molar-refractivity contribution in [3.8, 4) is 28.3 Å². The number of rotatable bonds is 7. The van der Waals surface area contributed by atoms with Gasteiger partial charge in [0.2, 0.25) is 0 Å². The zero-order valence-electron chi connectivity index (χ0n) is 27.6. The maximum Gasteiger partial charge on any atom is 0.253 e. The standard InChI is InChI=1S/C38H48N6O2/c1-40-13-3-15-42(19-17-40)29-31-7-11-35(34(25-31)27-39)36-12-10-33(38(45)44-16-4-14-41(2)18-20-44)26-37(36)32-8-5-30(6-9-32)28-43-21-23-46-24-22-43/h5-12,25-26H,3-4,13-24,28-29H2,1-2H3. The smallest absolute Gasteiger partial charge is 0.253 e. The van der Waals surface area contributed by atoms with Crippen molar-refractivity contribution in [2.45, 2.75) is 25.9 Å². The number of carbonyl (C=O) groups is 1. The lowest BCUT2D eigenvalue weighted by Gasteiger charge is -2.26. The molecule has 6 rings (SSSR count). The molecule has 3 fully saturated rings. The van der Waals surface area contributed by atoms with Gasteiger partial charge in [0.25, 0.3) is 5.91 Å². The predicted molar refractivity (Wildman–Crippen MR) is 184 cm³/mol. The third-order valence-corrected chi connectivity index (χ3v) is 9.76. The average Bonchev–Trinajstić information content (AvgIpc) is 3.44. The minimum Gasteiger partial charge on any atom is -0.379 e. The van der Waals surface area contributed by atoms with E-state index in [0.29, 0.717) is 11.1 Å². The monoisotopic (exact) mass is 620 g/mol. The topological polar surface area (TPSA) is 66.3 Å². The average molecular weight is 621 g/mol. The second-order valence-corrected chi connectivity index (χ2v) is 13.2. The van der Waals surface area contributed by atoms with Gasteiger partial charge in [0, 0.05) is 70.0 Å². The Bertz CT molecular complexity index is 1530. The van der Waals surface area contributed by atoms with Crippen LogP contribution in [0.3, 0.4) is 0 Å². The van der Waals surface area contributed by atoms with Gasteiger partial charge in [-0.2, -0.15) is 5.26 Å². The first-order valence-electron chi connectivity index (χ1n) is 16.9. The van der Waals surface area contributed by atoms with E-state index in [-0.39, 0.29) is 5.91 Å². The molecule has 8 nitrogen and oxygen atoms in total. The minimum absolute atomic E-state index is 0.0750. The van der Waals surface area contributed by atoms with E-state index in [4.69, 9.17) is 4.74 Å².